The maximum atomic E-state index is 12.9. The first kappa shape index (κ1) is 18.2. The number of halogens is 4. The van der Waals surface area contributed by atoms with Gasteiger partial charge in [0.15, 0.2) is 0 Å². The molecule has 1 saturated heterocycles. The molecular formula is C17H16ClF3N2OS. The molecule has 1 aliphatic heterocycles. The lowest BCUT2D eigenvalue weighted by Crippen LogP contribution is -2.45. The van der Waals surface area contributed by atoms with Crippen LogP contribution in [-0.2, 0) is 11.2 Å². The van der Waals surface area contributed by atoms with Crippen LogP contribution in [0.25, 0.3) is 10.6 Å². The van der Waals surface area contributed by atoms with Crippen molar-refractivity contribution in [2.75, 3.05) is 13.1 Å². The molecule has 1 aromatic heterocycles. The summed E-state index contributed by atoms with van der Waals surface area (Å²) in [5, 5.41) is 3.01. The van der Waals surface area contributed by atoms with Gasteiger partial charge in [-0.1, -0.05) is 29.8 Å². The molecule has 1 aromatic carbocycles. The minimum atomic E-state index is -4.25. The third kappa shape index (κ3) is 4.33. The first-order valence-electron chi connectivity index (χ1n) is 7.88. The summed E-state index contributed by atoms with van der Waals surface area (Å²) in [6.45, 7) is 0.108. The van der Waals surface area contributed by atoms with Crippen LogP contribution in [0.15, 0.2) is 29.6 Å². The first-order chi connectivity index (χ1) is 11.8. The van der Waals surface area contributed by atoms with E-state index in [1.54, 1.807) is 11.4 Å². The van der Waals surface area contributed by atoms with Crippen LogP contribution in [0.1, 0.15) is 18.5 Å². The summed E-state index contributed by atoms with van der Waals surface area (Å²) in [7, 11) is 0. The summed E-state index contributed by atoms with van der Waals surface area (Å²) < 4.78 is 38.6. The first-order valence-corrected chi connectivity index (χ1v) is 9.14. The minimum absolute atomic E-state index is 0.00549. The Morgan fingerprint density at radius 1 is 1.36 bits per heavy atom. The SMILES string of the molecule is O=C(Cc1csc(-c2ccccc2Cl)n1)N1CCCC(C(F)(F)F)C1. The van der Waals surface area contributed by atoms with Crippen LogP contribution in [0.4, 0.5) is 13.2 Å². The van der Waals surface area contributed by atoms with Crippen molar-refractivity contribution in [3.63, 3.8) is 0 Å². The Morgan fingerprint density at radius 3 is 2.84 bits per heavy atom. The van der Waals surface area contributed by atoms with Gasteiger partial charge in [-0.15, -0.1) is 11.3 Å². The van der Waals surface area contributed by atoms with Crippen molar-refractivity contribution in [3.8, 4) is 10.6 Å². The Labute approximate surface area is 152 Å². The highest BCUT2D eigenvalue weighted by atomic mass is 35.5. The fourth-order valence-corrected chi connectivity index (χ4v) is 4.02. The molecule has 1 atom stereocenters. The molecule has 2 heterocycles. The number of carbonyl (C=O) groups is 1. The molecule has 1 amide bonds. The molecule has 0 N–H and O–H groups in total. The van der Waals surface area contributed by atoms with Crippen molar-refractivity contribution in [2.24, 2.45) is 5.92 Å². The zero-order chi connectivity index (χ0) is 18.0. The van der Waals surface area contributed by atoms with Crippen LogP contribution < -0.4 is 0 Å². The van der Waals surface area contributed by atoms with Gasteiger partial charge in [-0.25, -0.2) is 4.98 Å². The number of benzene rings is 1. The second-order valence-electron chi connectivity index (χ2n) is 6.02. The molecule has 3 rings (SSSR count). The fourth-order valence-electron chi connectivity index (χ4n) is 2.88. The third-order valence-corrected chi connectivity index (χ3v) is 5.48. The van der Waals surface area contributed by atoms with E-state index in [0.29, 0.717) is 28.7 Å². The maximum absolute atomic E-state index is 12.9. The predicted octanol–water partition coefficient (Wildman–Crippen LogP) is 4.81. The summed E-state index contributed by atoms with van der Waals surface area (Å²) in [4.78, 5) is 18.1. The largest absolute Gasteiger partial charge is 0.393 e. The Bertz CT molecular complexity index is 762. The number of nitrogens with zero attached hydrogens (tertiary/aromatic N) is 2. The molecule has 0 saturated carbocycles. The molecule has 1 aliphatic rings. The normalized spacial score (nSPS) is 18.4. The van der Waals surface area contributed by atoms with Crippen molar-refractivity contribution in [3.05, 3.63) is 40.4 Å². The quantitative estimate of drug-likeness (QED) is 0.756. The van der Waals surface area contributed by atoms with Gasteiger partial charge in [0.1, 0.15) is 5.01 Å². The van der Waals surface area contributed by atoms with E-state index in [1.165, 1.54) is 16.2 Å². The second-order valence-corrected chi connectivity index (χ2v) is 7.29. The van der Waals surface area contributed by atoms with Gasteiger partial charge in [-0.2, -0.15) is 13.2 Å². The van der Waals surface area contributed by atoms with Gasteiger partial charge in [0.2, 0.25) is 5.91 Å². The van der Waals surface area contributed by atoms with E-state index in [9.17, 15) is 18.0 Å². The second kappa shape index (κ2) is 7.33. The number of rotatable bonds is 3. The molecule has 3 nitrogen and oxygen atoms in total. The number of hydrogen-bond donors (Lipinski definition) is 0. The van der Waals surface area contributed by atoms with E-state index in [1.807, 2.05) is 18.2 Å². The van der Waals surface area contributed by atoms with Gasteiger partial charge in [-0.3, -0.25) is 4.79 Å². The van der Waals surface area contributed by atoms with Gasteiger partial charge in [0.25, 0.3) is 0 Å². The van der Waals surface area contributed by atoms with Gasteiger partial charge < -0.3 is 4.90 Å². The van der Waals surface area contributed by atoms with Crippen molar-refractivity contribution < 1.29 is 18.0 Å². The van der Waals surface area contributed by atoms with Gasteiger partial charge in [-0.05, 0) is 18.9 Å². The number of hydrogen-bond acceptors (Lipinski definition) is 3. The number of amides is 1. The van der Waals surface area contributed by atoms with E-state index in [2.05, 4.69) is 4.98 Å². The Balaban J connectivity index is 1.67. The molecule has 2 aromatic rings. The Morgan fingerprint density at radius 2 is 2.12 bits per heavy atom. The molecule has 1 fully saturated rings. The molecule has 8 heteroatoms. The molecule has 25 heavy (non-hydrogen) atoms. The highest BCUT2D eigenvalue weighted by Gasteiger charge is 2.42. The lowest BCUT2D eigenvalue weighted by atomic mass is 9.97. The smallest absolute Gasteiger partial charge is 0.342 e. The Kier molecular flexibility index (Phi) is 5.34. The summed E-state index contributed by atoms with van der Waals surface area (Å²) in [6, 6.07) is 7.26. The number of aromatic nitrogens is 1. The average molecular weight is 389 g/mol. The van der Waals surface area contributed by atoms with Crippen molar-refractivity contribution in [2.45, 2.75) is 25.4 Å². The van der Waals surface area contributed by atoms with E-state index < -0.39 is 12.1 Å². The minimum Gasteiger partial charge on any atom is -0.342 e. The van der Waals surface area contributed by atoms with Crippen LogP contribution in [0, 0.1) is 5.92 Å². The van der Waals surface area contributed by atoms with E-state index >= 15 is 0 Å². The summed E-state index contributed by atoms with van der Waals surface area (Å²) >= 11 is 7.50. The van der Waals surface area contributed by atoms with Gasteiger partial charge in [0, 0.05) is 24.0 Å². The van der Waals surface area contributed by atoms with Crippen LogP contribution in [0.3, 0.4) is 0 Å². The molecule has 0 aliphatic carbocycles. The molecular weight excluding hydrogens is 373 g/mol. The average Bonchev–Trinajstić information content (AvgIpc) is 3.03. The number of carbonyl (C=O) groups excluding carboxylic acids is 1. The summed E-state index contributed by atoms with van der Waals surface area (Å²) in [5.74, 6) is -1.75. The zero-order valence-corrected chi connectivity index (χ0v) is 14.8. The number of likely N-dealkylation sites (tertiary alicyclic amines) is 1. The Hall–Kier alpha value is -1.60. The standard InChI is InChI=1S/C17H16ClF3N2OS/c18-14-6-2-1-5-13(14)16-22-12(10-25-16)8-15(24)23-7-3-4-11(9-23)17(19,20)21/h1-2,5-6,10-11H,3-4,7-9H2. The van der Waals surface area contributed by atoms with Crippen LogP contribution in [0.2, 0.25) is 5.02 Å². The lowest BCUT2D eigenvalue weighted by Gasteiger charge is -2.33. The fraction of sp³-hybridized carbons (Fsp3) is 0.412. The molecule has 0 spiro atoms. The topological polar surface area (TPSA) is 33.2 Å². The maximum Gasteiger partial charge on any atom is 0.393 e. The molecule has 134 valence electrons. The monoisotopic (exact) mass is 388 g/mol. The molecule has 1 unspecified atom stereocenters. The molecule has 0 radical (unpaired) electrons. The highest BCUT2D eigenvalue weighted by Crippen LogP contribution is 2.34. The number of alkyl halides is 3. The predicted molar refractivity (Wildman–Crippen MR) is 91.6 cm³/mol. The summed E-state index contributed by atoms with van der Waals surface area (Å²) in [6.07, 6.45) is -3.79. The number of thiazole rings is 1. The van der Waals surface area contributed by atoms with E-state index in [4.69, 9.17) is 11.6 Å². The van der Waals surface area contributed by atoms with Crippen molar-refractivity contribution >= 4 is 28.8 Å². The van der Waals surface area contributed by atoms with Crippen molar-refractivity contribution in [1.29, 1.82) is 0 Å². The zero-order valence-electron chi connectivity index (χ0n) is 13.2. The number of piperidine rings is 1. The van der Waals surface area contributed by atoms with Crippen LogP contribution in [-0.4, -0.2) is 35.1 Å². The summed E-state index contributed by atoms with van der Waals surface area (Å²) in [5.41, 5.74) is 1.34. The van der Waals surface area contributed by atoms with E-state index in [0.717, 1.165) is 5.56 Å². The van der Waals surface area contributed by atoms with E-state index in [-0.39, 0.29) is 25.3 Å². The van der Waals surface area contributed by atoms with Crippen molar-refractivity contribution in [1.82, 2.24) is 9.88 Å². The third-order valence-electron chi connectivity index (χ3n) is 4.23. The van der Waals surface area contributed by atoms with Gasteiger partial charge in [0.05, 0.1) is 23.1 Å². The highest BCUT2D eigenvalue weighted by molar-refractivity contribution is 7.13. The molecule has 0 bridgehead atoms. The lowest BCUT2D eigenvalue weighted by molar-refractivity contribution is -0.187. The van der Waals surface area contributed by atoms with Crippen LogP contribution in [0.5, 0.6) is 0 Å². The van der Waals surface area contributed by atoms with Crippen LogP contribution >= 0.6 is 22.9 Å². The van der Waals surface area contributed by atoms with Gasteiger partial charge >= 0.3 is 6.18 Å².